The van der Waals surface area contributed by atoms with Crippen LogP contribution in [0.1, 0.15) is 19.3 Å². The monoisotopic (exact) mass is 297 g/mol. The van der Waals surface area contributed by atoms with Gasteiger partial charge in [0.15, 0.2) is 9.84 Å². The Labute approximate surface area is 106 Å². The molecule has 2 atom stereocenters. The Bertz CT molecular complexity index is 552. The summed E-state index contributed by atoms with van der Waals surface area (Å²) in [5.74, 6) is -1.70. The third-order valence-electron chi connectivity index (χ3n) is 3.43. The Morgan fingerprint density at radius 2 is 1.94 bits per heavy atom. The molecule has 7 nitrogen and oxygen atoms in total. The molecular weight excluding hydrogens is 282 g/mol. The number of hydrogen-bond donors (Lipinski definition) is 1. The van der Waals surface area contributed by atoms with Crippen molar-refractivity contribution in [2.75, 3.05) is 18.1 Å². The summed E-state index contributed by atoms with van der Waals surface area (Å²) < 4.78 is 48.1. The topological polar surface area (TPSA) is 109 Å². The molecule has 0 amide bonds. The van der Waals surface area contributed by atoms with Gasteiger partial charge in [0.2, 0.25) is 10.0 Å². The van der Waals surface area contributed by atoms with Gasteiger partial charge in [0, 0.05) is 6.54 Å². The van der Waals surface area contributed by atoms with Crippen LogP contribution in [0.5, 0.6) is 0 Å². The van der Waals surface area contributed by atoms with E-state index in [1.54, 1.807) is 0 Å². The van der Waals surface area contributed by atoms with E-state index in [-0.39, 0.29) is 25.1 Å². The van der Waals surface area contributed by atoms with E-state index in [0.29, 0.717) is 6.42 Å². The Morgan fingerprint density at radius 1 is 1.28 bits per heavy atom. The summed E-state index contributed by atoms with van der Waals surface area (Å²) in [5.41, 5.74) is 0. The van der Waals surface area contributed by atoms with Crippen LogP contribution in [0, 0.1) is 0 Å². The first-order chi connectivity index (χ1) is 8.24. The van der Waals surface area contributed by atoms with Crippen LogP contribution in [0.15, 0.2) is 0 Å². The van der Waals surface area contributed by atoms with E-state index in [1.165, 1.54) is 0 Å². The van der Waals surface area contributed by atoms with Crippen molar-refractivity contribution < 1.29 is 26.7 Å². The first kappa shape index (κ1) is 13.8. The summed E-state index contributed by atoms with van der Waals surface area (Å²) in [7, 11) is -7.13. The highest BCUT2D eigenvalue weighted by Gasteiger charge is 2.46. The Hall–Kier alpha value is -0.670. The van der Waals surface area contributed by atoms with Crippen molar-refractivity contribution in [3.05, 3.63) is 0 Å². The van der Waals surface area contributed by atoms with Crippen LogP contribution in [0.25, 0.3) is 0 Å². The Balaban J connectivity index is 2.24. The predicted molar refractivity (Wildman–Crippen MR) is 63.3 cm³/mol. The van der Waals surface area contributed by atoms with E-state index < -0.39 is 42.9 Å². The molecule has 1 unspecified atom stereocenters. The average molecular weight is 297 g/mol. The Morgan fingerprint density at radius 3 is 2.44 bits per heavy atom. The molecule has 0 bridgehead atoms. The molecule has 0 aromatic heterocycles. The maximum absolute atomic E-state index is 12.2. The van der Waals surface area contributed by atoms with Crippen molar-refractivity contribution in [1.82, 2.24) is 4.31 Å². The molecule has 104 valence electrons. The van der Waals surface area contributed by atoms with Gasteiger partial charge in [-0.2, -0.15) is 4.31 Å². The number of nitrogens with zero attached hydrogens (tertiary/aromatic N) is 1. The van der Waals surface area contributed by atoms with Gasteiger partial charge in [0.1, 0.15) is 6.04 Å². The van der Waals surface area contributed by atoms with Crippen LogP contribution in [0.4, 0.5) is 0 Å². The third-order valence-corrected chi connectivity index (χ3v) is 7.74. The van der Waals surface area contributed by atoms with E-state index in [1.807, 2.05) is 0 Å². The first-order valence-corrected chi connectivity index (χ1v) is 9.00. The van der Waals surface area contributed by atoms with E-state index in [2.05, 4.69) is 0 Å². The zero-order chi connectivity index (χ0) is 13.6. The SMILES string of the molecule is O=C(O)[C@H]1CCCN1S(=O)(=O)C1CCS(=O)(=O)C1. The van der Waals surface area contributed by atoms with E-state index in [9.17, 15) is 21.6 Å². The van der Waals surface area contributed by atoms with Gasteiger partial charge in [0.05, 0.1) is 16.8 Å². The molecule has 0 spiro atoms. The van der Waals surface area contributed by atoms with Crippen molar-refractivity contribution >= 4 is 25.8 Å². The van der Waals surface area contributed by atoms with Crippen molar-refractivity contribution in [3.8, 4) is 0 Å². The number of carboxylic acids is 1. The quantitative estimate of drug-likeness (QED) is 0.719. The summed E-state index contributed by atoms with van der Waals surface area (Å²) in [6, 6.07) is -1.04. The number of sulfone groups is 1. The van der Waals surface area contributed by atoms with Gasteiger partial charge in [-0.3, -0.25) is 4.79 Å². The lowest BCUT2D eigenvalue weighted by Gasteiger charge is -2.23. The molecule has 2 heterocycles. The average Bonchev–Trinajstić information content (AvgIpc) is 2.83. The second-order valence-corrected chi connectivity index (χ2v) is 9.07. The lowest BCUT2D eigenvalue weighted by atomic mass is 10.2. The minimum absolute atomic E-state index is 0.0630. The molecule has 2 saturated heterocycles. The largest absolute Gasteiger partial charge is 0.480 e. The summed E-state index contributed by atoms with van der Waals surface area (Å²) in [6.07, 6.45) is 0.844. The maximum atomic E-state index is 12.2. The molecule has 0 aromatic rings. The van der Waals surface area contributed by atoms with Crippen LogP contribution in [0.2, 0.25) is 0 Å². The number of aliphatic carboxylic acids is 1. The first-order valence-electron chi connectivity index (χ1n) is 5.68. The molecule has 2 aliphatic rings. The van der Waals surface area contributed by atoms with Gasteiger partial charge in [-0.15, -0.1) is 0 Å². The summed E-state index contributed by atoms with van der Waals surface area (Å²) in [4.78, 5) is 11.0. The van der Waals surface area contributed by atoms with Gasteiger partial charge in [0.25, 0.3) is 0 Å². The fraction of sp³-hybridized carbons (Fsp3) is 0.889. The fourth-order valence-corrected chi connectivity index (χ4v) is 7.21. The van der Waals surface area contributed by atoms with Crippen molar-refractivity contribution in [3.63, 3.8) is 0 Å². The molecule has 18 heavy (non-hydrogen) atoms. The third kappa shape index (κ3) is 2.39. The van der Waals surface area contributed by atoms with Gasteiger partial charge < -0.3 is 5.11 Å². The molecule has 2 rings (SSSR count). The number of carboxylic acid groups (broad SMARTS) is 1. The molecule has 1 N–H and O–H groups in total. The van der Waals surface area contributed by atoms with Crippen molar-refractivity contribution in [1.29, 1.82) is 0 Å². The van der Waals surface area contributed by atoms with Crippen LogP contribution < -0.4 is 0 Å². The highest BCUT2D eigenvalue weighted by Crippen LogP contribution is 2.28. The van der Waals surface area contributed by atoms with Gasteiger partial charge >= 0.3 is 5.97 Å². The second-order valence-electron chi connectivity index (χ2n) is 4.68. The fourth-order valence-electron chi connectivity index (χ4n) is 2.48. The highest BCUT2D eigenvalue weighted by molar-refractivity contribution is 7.95. The molecule has 0 aromatic carbocycles. The maximum Gasteiger partial charge on any atom is 0.322 e. The number of hydrogen-bond acceptors (Lipinski definition) is 5. The van der Waals surface area contributed by atoms with Crippen LogP contribution in [-0.2, 0) is 24.7 Å². The number of sulfonamides is 1. The summed E-state index contributed by atoms with van der Waals surface area (Å²) >= 11 is 0. The summed E-state index contributed by atoms with van der Waals surface area (Å²) in [6.45, 7) is 0.163. The minimum Gasteiger partial charge on any atom is -0.480 e. The molecular formula is C9H15NO6S2. The smallest absolute Gasteiger partial charge is 0.322 e. The van der Waals surface area contributed by atoms with E-state index >= 15 is 0 Å². The standard InChI is InChI=1S/C9H15NO6S2/c11-9(12)8-2-1-4-10(8)18(15,16)7-3-5-17(13,14)6-7/h7-8H,1-6H2,(H,11,12)/t7?,8-/m1/s1. The lowest BCUT2D eigenvalue weighted by Crippen LogP contribution is -2.45. The molecule has 2 aliphatic heterocycles. The molecule has 0 aliphatic carbocycles. The van der Waals surface area contributed by atoms with Crippen LogP contribution in [0.3, 0.4) is 0 Å². The number of carbonyl (C=O) groups is 1. The zero-order valence-corrected chi connectivity index (χ0v) is 11.3. The number of rotatable bonds is 3. The van der Waals surface area contributed by atoms with E-state index in [0.717, 1.165) is 4.31 Å². The van der Waals surface area contributed by atoms with Gasteiger partial charge in [-0.1, -0.05) is 0 Å². The highest BCUT2D eigenvalue weighted by atomic mass is 32.2. The second kappa shape index (κ2) is 4.46. The van der Waals surface area contributed by atoms with Gasteiger partial charge in [-0.05, 0) is 19.3 Å². The summed E-state index contributed by atoms with van der Waals surface area (Å²) in [5, 5.41) is 7.98. The molecule has 2 fully saturated rings. The molecule has 9 heteroatoms. The predicted octanol–water partition coefficient (Wildman–Crippen LogP) is -0.948. The normalized spacial score (nSPS) is 32.7. The minimum atomic E-state index is -3.83. The van der Waals surface area contributed by atoms with E-state index in [4.69, 9.17) is 5.11 Å². The van der Waals surface area contributed by atoms with Crippen molar-refractivity contribution in [2.24, 2.45) is 0 Å². The zero-order valence-electron chi connectivity index (χ0n) is 9.65. The van der Waals surface area contributed by atoms with Gasteiger partial charge in [-0.25, -0.2) is 16.8 Å². The van der Waals surface area contributed by atoms with Crippen LogP contribution >= 0.6 is 0 Å². The Kier molecular flexibility index (Phi) is 3.41. The van der Waals surface area contributed by atoms with Crippen LogP contribution in [-0.4, -0.2) is 61.6 Å². The van der Waals surface area contributed by atoms with Crippen molar-refractivity contribution in [2.45, 2.75) is 30.6 Å². The molecule has 0 radical (unpaired) electrons. The molecule has 0 saturated carbocycles. The lowest BCUT2D eigenvalue weighted by molar-refractivity contribution is -0.140.